The number of ether oxygens (including phenoxy) is 1. The van der Waals surface area contributed by atoms with Crippen molar-refractivity contribution in [3.63, 3.8) is 0 Å². The van der Waals surface area contributed by atoms with Gasteiger partial charge in [0.2, 0.25) is 0 Å². The third kappa shape index (κ3) is 3.85. The first-order valence-corrected chi connectivity index (χ1v) is 6.33. The Morgan fingerprint density at radius 1 is 1.09 bits per heavy atom. The lowest BCUT2D eigenvalue weighted by Gasteiger charge is -2.09. The number of nitro benzene ring substituents is 1. The molecule has 0 radical (unpaired) electrons. The number of benzene rings is 2. The average molecular weight is 325 g/mol. The van der Waals surface area contributed by atoms with Gasteiger partial charge >= 0.3 is 6.18 Å². The predicted molar refractivity (Wildman–Crippen MR) is 74.6 cm³/mol. The van der Waals surface area contributed by atoms with Gasteiger partial charge in [0.15, 0.2) is 5.78 Å². The van der Waals surface area contributed by atoms with Crippen LogP contribution >= 0.6 is 0 Å². The Labute approximate surface area is 128 Å². The van der Waals surface area contributed by atoms with E-state index in [9.17, 15) is 28.1 Å². The van der Waals surface area contributed by atoms with Gasteiger partial charge in [-0.2, -0.15) is 13.2 Å². The van der Waals surface area contributed by atoms with Crippen molar-refractivity contribution >= 4 is 11.5 Å². The summed E-state index contributed by atoms with van der Waals surface area (Å²) in [5, 5.41) is 10.8. The lowest BCUT2D eigenvalue weighted by Crippen LogP contribution is -2.04. The fourth-order valence-corrected chi connectivity index (χ4v) is 1.87. The lowest BCUT2D eigenvalue weighted by atomic mass is 10.1. The van der Waals surface area contributed by atoms with Crippen LogP contribution < -0.4 is 4.74 Å². The highest BCUT2D eigenvalue weighted by molar-refractivity contribution is 5.98. The molecule has 2 aromatic carbocycles. The maximum Gasteiger partial charge on any atom is 0.416 e. The number of Topliss-reactive ketones (excluding diaryl/α,β-unsaturated/α-hetero) is 1. The monoisotopic (exact) mass is 325 g/mol. The van der Waals surface area contributed by atoms with Crippen molar-refractivity contribution in [1.82, 2.24) is 0 Å². The molecule has 0 aliphatic rings. The first-order valence-electron chi connectivity index (χ1n) is 6.33. The van der Waals surface area contributed by atoms with Gasteiger partial charge in [0.05, 0.1) is 16.1 Å². The number of nitrogens with zero attached hydrogens (tertiary/aromatic N) is 1. The van der Waals surface area contributed by atoms with E-state index in [1.165, 1.54) is 19.1 Å². The summed E-state index contributed by atoms with van der Waals surface area (Å²) in [5.41, 5.74) is -1.32. The maximum atomic E-state index is 12.5. The Hall–Kier alpha value is -2.90. The molecule has 0 N–H and O–H groups in total. The summed E-state index contributed by atoms with van der Waals surface area (Å²) in [4.78, 5) is 21.6. The SMILES string of the molecule is CC(=O)c1cc(Oc2ccc(C(F)(F)F)cc2)ccc1[N+](=O)[O-]. The second-order valence-corrected chi connectivity index (χ2v) is 4.62. The molecule has 0 aromatic heterocycles. The highest BCUT2D eigenvalue weighted by Crippen LogP contribution is 2.32. The molecule has 8 heteroatoms. The van der Waals surface area contributed by atoms with E-state index in [-0.39, 0.29) is 22.7 Å². The van der Waals surface area contributed by atoms with Crippen LogP contribution in [0.2, 0.25) is 0 Å². The van der Waals surface area contributed by atoms with E-state index in [1.807, 2.05) is 0 Å². The number of carbonyl (C=O) groups excluding carboxylic acids is 1. The molecule has 0 unspecified atom stereocenters. The van der Waals surface area contributed by atoms with Gasteiger partial charge in [-0.25, -0.2) is 0 Å². The van der Waals surface area contributed by atoms with E-state index < -0.39 is 22.4 Å². The minimum atomic E-state index is -4.45. The molecule has 0 amide bonds. The van der Waals surface area contributed by atoms with Crippen molar-refractivity contribution in [3.8, 4) is 11.5 Å². The molecule has 0 spiro atoms. The topological polar surface area (TPSA) is 69.4 Å². The lowest BCUT2D eigenvalue weighted by molar-refractivity contribution is -0.385. The molecule has 0 saturated heterocycles. The highest BCUT2D eigenvalue weighted by atomic mass is 19.4. The fourth-order valence-electron chi connectivity index (χ4n) is 1.87. The number of ketones is 1. The van der Waals surface area contributed by atoms with Gasteiger partial charge < -0.3 is 4.74 Å². The molecular weight excluding hydrogens is 315 g/mol. The molecule has 2 rings (SSSR count). The van der Waals surface area contributed by atoms with E-state index in [0.717, 1.165) is 30.3 Å². The largest absolute Gasteiger partial charge is 0.457 e. The van der Waals surface area contributed by atoms with Gasteiger partial charge in [-0.3, -0.25) is 14.9 Å². The normalized spacial score (nSPS) is 11.1. The molecule has 120 valence electrons. The van der Waals surface area contributed by atoms with Crippen LogP contribution in [-0.4, -0.2) is 10.7 Å². The van der Waals surface area contributed by atoms with Crippen LogP contribution in [0, 0.1) is 10.1 Å². The zero-order valence-corrected chi connectivity index (χ0v) is 11.8. The summed E-state index contributed by atoms with van der Waals surface area (Å²) in [5.74, 6) is -0.295. The summed E-state index contributed by atoms with van der Waals surface area (Å²) >= 11 is 0. The van der Waals surface area contributed by atoms with E-state index in [0.29, 0.717) is 0 Å². The molecule has 23 heavy (non-hydrogen) atoms. The number of carbonyl (C=O) groups is 1. The second kappa shape index (κ2) is 6.07. The average Bonchev–Trinajstić information content (AvgIpc) is 2.46. The van der Waals surface area contributed by atoms with E-state index >= 15 is 0 Å². The third-order valence-corrected chi connectivity index (χ3v) is 2.96. The smallest absolute Gasteiger partial charge is 0.416 e. The molecule has 0 saturated carbocycles. The van der Waals surface area contributed by atoms with Crippen molar-refractivity contribution in [2.45, 2.75) is 13.1 Å². The van der Waals surface area contributed by atoms with Crippen LogP contribution in [0.4, 0.5) is 18.9 Å². The van der Waals surface area contributed by atoms with E-state index in [1.54, 1.807) is 0 Å². The summed E-state index contributed by atoms with van der Waals surface area (Å²) in [6.07, 6.45) is -4.45. The van der Waals surface area contributed by atoms with Crippen molar-refractivity contribution in [1.29, 1.82) is 0 Å². The van der Waals surface area contributed by atoms with Crippen molar-refractivity contribution in [2.75, 3.05) is 0 Å². The Bertz CT molecular complexity index is 754. The zero-order chi connectivity index (χ0) is 17.2. The summed E-state index contributed by atoms with van der Waals surface area (Å²) in [7, 11) is 0. The van der Waals surface area contributed by atoms with Crippen molar-refractivity contribution in [3.05, 3.63) is 63.7 Å². The van der Waals surface area contributed by atoms with Gasteiger partial charge in [-0.15, -0.1) is 0 Å². The predicted octanol–water partition coefficient (Wildman–Crippen LogP) is 4.61. The Balaban J connectivity index is 2.28. The molecule has 0 fully saturated rings. The quantitative estimate of drug-likeness (QED) is 0.468. The van der Waals surface area contributed by atoms with Gasteiger partial charge in [0.25, 0.3) is 5.69 Å². The molecule has 0 heterocycles. The summed E-state index contributed by atoms with van der Waals surface area (Å²) in [6.45, 7) is 1.17. The Kier molecular flexibility index (Phi) is 4.35. The molecule has 0 bridgehead atoms. The minimum absolute atomic E-state index is 0.112. The van der Waals surface area contributed by atoms with Crippen LogP contribution in [0.5, 0.6) is 11.5 Å². The fraction of sp³-hybridized carbons (Fsp3) is 0.133. The van der Waals surface area contributed by atoms with Gasteiger partial charge in [0.1, 0.15) is 11.5 Å². The molecule has 0 aliphatic carbocycles. The first kappa shape index (κ1) is 16.5. The molecular formula is C15H10F3NO4. The molecule has 0 aliphatic heterocycles. The summed E-state index contributed by atoms with van der Waals surface area (Å²) in [6, 6.07) is 7.51. The number of alkyl halides is 3. The van der Waals surface area contributed by atoms with Crippen molar-refractivity contribution < 1.29 is 27.6 Å². The third-order valence-electron chi connectivity index (χ3n) is 2.96. The number of hydrogen-bond acceptors (Lipinski definition) is 4. The Morgan fingerprint density at radius 3 is 2.13 bits per heavy atom. The van der Waals surface area contributed by atoms with Crippen molar-refractivity contribution in [2.24, 2.45) is 0 Å². The van der Waals surface area contributed by atoms with E-state index in [4.69, 9.17) is 4.74 Å². The van der Waals surface area contributed by atoms with Crippen LogP contribution in [0.25, 0.3) is 0 Å². The minimum Gasteiger partial charge on any atom is -0.457 e. The van der Waals surface area contributed by atoms with Gasteiger partial charge in [-0.1, -0.05) is 0 Å². The van der Waals surface area contributed by atoms with Crippen LogP contribution in [0.3, 0.4) is 0 Å². The molecule has 0 atom stereocenters. The second-order valence-electron chi connectivity index (χ2n) is 4.62. The van der Waals surface area contributed by atoms with Crippen LogP contribution in [0.15, 0.2) is 42.5 Å². The van der Waals surface area contributed by atoms with Crippen LogP contribution in [-0.2, 0) is 6.18 Å². The molecule has 5 nitrogen and oxygen atoms in total. The maximum absolute atomic E-state index is 12.5. The Morgan fingerprint density at radius 2 is 1.65 bits per heavy atom. The van der Waals surface area contributed by atoms with E-state index in [2.05, 4.69) is 0 Å². The number of halogens is 3. The zero-order valence-electron chi connectivity index (χ0n) is 11.8. The number of hydrogen-bond donors (Lipinski definition) is 0. The summed E-state index contributed by atoms with van der Waals surface area (Å²) < 4.78 is 42.7. The standard InChI is InChI=1S/C15H10F3NO4/c1-9(20)13-8-12(6-7-14(13)19(21)22)23-11-4-2-10(3-5-11)15(16,17)18/h2-8H,1H3. The highest BCUT2D eigenvalue weighted by Gasteiger charge is 2.30. The number of rotatable bonds is 4. The van der Waals surface area contributed by atoms with Crippen LogP contribution in [0.1, 0.15) is 22.8 Å². The van der Waals surface area contributed by atoms with Gasteiger partial charge in [0, 0.05) is 6.07 Å². The number of nitro groups is 1. The van der Waals surface area contributed by atoms with Gasteiger partial charge in [-0.05, 0) is 43.3 Å². The molecule has 2 aromatic rings. The first-order chi connectivity index (χ1) is 10.7.